The van der Waals surface area contributed by atoms with Crippen LogP contribution in [0.15, 0.2) is 51.7 Å². The minimum absolute atomic E-state index is 0.307. The summed E-state index contributed by atoms with van der Waals surface area (Å²) in [6.45, 7) is 2.97. The quantitative estimate of drug-likeness (QED) is 0.860. The SMILES string of the molecule is C[C@H](NCc1cncc(Br)c1)c1cccc(Br)c1. The molecule has 0 aliphatic rings. The Morgan fingerprint density at radius 3 is 2.72 bits per heavy atom. The largest absolute Gasteiger partial charge is 0.306 e. The van der Waals surface area contributed by atoms with Gasteiger partial charge in [0.05, 0.1) is 0 Å². The molecule has 1 aromatic heterocycles. The van der Waals surface area contributed by atoms with Gasteiger partial charge in [0.2, 0.25) is 0 Å². The van der Waals surface area contributed by atoms with Crippen LogP contribution in [0.2, 0.25) is 0 Å². The molecular formula is C14H14Br2N2. The van der Waals surface area contributed by atoms with Gasteiger partial charge in [-0.15, -0.1) is 0 Å². The van der Waals surface area contributed by atoms with E-state index in [0.29, 0.717) is 6.04 Å². The zero-order valence-corrected chi connectivity index (χ0v) is 13.2. The predicted octanol–water partition coefficient (Wildman–Crippen LogP) is 4.46. The molecule has 0 spiro atoms. The first-order valence-electron chi connectivity index (χ1n) is 5.73. The molecule has 1 N–H and O–H groups in total. The summed E-state index contributed by atoms with van der Waals surface area (Å²) in [5.41, 5.74) is 2.44. The zero-order valence-electron chi connectivity index (χ0n) is 10.0. The molecule has 0 bridgehead atoms. The lowest BCUT2D eigenvalue weighted by atomic mass is 10.1. The van der Waals surface area contributed by atoms with Gasteiger partial charge in [-0.05, 0) is 52.2 Å². The summed E-state index contributed by atoms with van der Waals surface area (Å²) >= 11 is 6.92. The Bertz CT molecular complexity index is 529. The van der Waals surface area contributed by atoms with Gasteiger partial charge in [0.1, 0.15) is 0 Å². The summed E-state index contributed by atoms with van der Waals surface area (Å²) in [6.07, 6.45) is 3.67. The van der Waals surface area contributed by atoms with E-state index < -0.39 is 0 Å². The first kappa shape index (κ1) is 13.7. The van der Waals surface area contributed by atoms with Crippen molar-refractivity contribution in [3.8, 4) is 0 Å². The van der Waals surface area contributed by atoms with Gasteiger partial charge in [0, 0.05) is 33.9 Å². The van der Waals surface area contributed by atoms with Crippen LogP contribution in [0.3, 0.4) is 0 Å². The van der Waals surface area contributed by atoms with Crippen LogP contribution in [0, 0.1) is 0 Å². The molecule has 0 fully saturated rings. The molecule has 0 saturated carbocycles. The van der Waals surface area contributed by atoms with E-state index in [9.17, 15) is 0 Å². The van der Waals surface area contributed by atoms with Crippen LogP contribution in [0.4, 0.5) is 0 Å². The third-order valence-corrected chi connectivity index (χ3v) is 3.65. The number of rotatable bonds is 4. The molecular weight excluding hydrogens is 356 g/mol. The average molecular weight is 370 g/mol. The fourth-order valence-corrected chi connectivity index (χ4v) is 2.55. The fourth-order valence-electron chi connectivity index (χ4n) is 1.72. The molecule has 0 aliphatic carbocycles. The second-order valence-corrected chi connectivity index (χ2v) is 6.00. The summed E-state index contributed by atoms with van der Waals surface area (Å²) in [7, 11) is 0. The van der Waals surface area contributed by atoms with Gasteiger partial charge in [-0.2, -0.15) is 0 Å². The molecule has 0 aliphatic heterocycles. The Morgan fingerprint density at radius 1 is 1.17 bits per heavy atom. The van der Waals surface area contributed by atoms with E-state index in [-0.39, 0.29) is 0 Å². The van der Waals surface area contributed by atoms with Crippen molar-refractivity contribution < 1.29 is 0 Å². The first-order chi connectivity index (χ1) is 8.65. The number of aromatic nitrogens is 1. The van der Waals surface area contributed by atoms with Crippen molar-refractivity contribution in [2.24, 2.45) is 0 Å². The third-order valence-electron chi connectivity index (χ3n) is 2.72. The van der Waals surface area contributed by atoms with Gasteiger partial charge in [0.25, 0.3) is 0 Å². The standard InChI is InChI=1S/C14H14Br2N2/c1-10(12-3-2-4-13(15)6-12)18-8-11-5-14(16)9-17-7-11/h2-7,9-10,18H,8H2,1H3/t10-/m0/s1. The van der Waals surface area contributed by atoms with Gasteiger partial charge in [-0.3, -0.25) is 4.98 Å². The molecule has 2 aromatic rings. The molecule has 0 radical (unpaired) electrons. The van der Waals surface area contributed by atoms with E-state index in [1.165, 1.54) is 11.1 Å². The fraction of sp³-hybridized carbons (Fsp3) is 0.214. The maximum atomic E-state index is 4.15. The van der Waals surface area contributed by atoms with Crippen molar-refractivity contribution in [1.82, 2.24) is 10.3 Å². The summed E-state index contributed by atoms with van der Waals surface area (Å²) in [6, 6.07) is 10.7. The Labute approximate surface area is 124 Å². The molecule has 1 atom stereocenters. The average Bonchev–Trinajstić information content (AvgIpc) is 2.36. The number of nitrogens with one attached hydrogen (secondary N) is 1. The lowest BCUT2D eigenvalue weighted by Crippen LogP contribution is -2.18. The minimum atomic E-state index is 0.307. The van der Waals surface area contributed by atoms with Crippen LogP contribution in [0.1, 0.15) is 24.1 Å². The summed E-state index contributed by atoms with van der Waals surface area (Å²) < 4.78 is 2.12. The lowest BCUT2D eigenvalue weighted by molar-refractivity contribution is 0.573. The van der Waals surface area contributed by atoms with E-state index in [1.54, 1.807) is 6.20 Å². The minimum Gasteiger partial charge on any atom is -0.306 e. The van der Waals surface area contributed by atoms with Crippen LogP contribution < -0.4 is 5.32 Å². The van der Waals surface area contributed by atoms with Crippen LogP contribution in [-0.4, -0.2) is 4.98 Å². The molecule has 0 unspecified atom stereocenters. The van der Waals surface area contributed by atoms with Crippen molar-refractivity contribution in [3.63, 3.8) is 0 Å². The summed E-state index contributed by atoms with van der Waals surface area (Å²) in [4.78, 5) is 4.15. The Hall–Kier alpha value is -0.710. The van der Waals surface area contributed by atoms with Gasteiger partial charge in [-0.1, -0.05) is 28.1 Å². The highest BCUT2D eigenvalue weighted by molar-refractivity contribution is 9.10. The van der Waals surface area contributed by atoms with E-state index in [2.05, 4.69) is 73.3 Å². The Balaban J connectivity index is 1.98. The maximum absolute atomic E-state index is 4.15. The van der Waals surface area contributed by atoms with Crippen LogP contribution >= 0.6 is 31.9 Å². The molecule has 4 heteroatoms. The van der Waals surface area contributed by atoms with E-state index in [4.69, 9.17) is 0 Å². The van der Waals surface area contributed by atoms with Crippen molar-refractivity contribution in [2.45, 2.75) is 19.5 Å². The smallest absolute Gasteiger partial charge is 0.0410 e. The highest BCUT2D eigenvalue weighted by Gasteiger charge is 2.05. The molecule has 0 amide bonds. The number of benzene rings is 1. The topological polar surface area (TPSA) is 24.9 Å². The summed E-state index contributed by atoms with van der Waals surface area (Å²) in [5, 5.41) is 3.49. The van der Waals surface area contributed by atoms with Crippen LogP contribution in [0.25, 0.3) is 0 Å². The number of hydrogen-bond acceptors (Lipinski definition) is 2. The van der Waals surface area contributed by atoms with Crippen molar-refractivity contribution >= 4 is 31.9 Å². The molecule has 18 heavy (non-hydrogen) atoms. The Kier molecular flexibility index (Phi) is 4.92. The second kappa shape index (κ2) is 6.45. The number of nitrogens with zero attached hydrogens (tertiary/aromatic N) is 1. The molecule has 94 valence electrons. The van der Waals surface area contributed by atoms with E-state index in [0.717, 1.165) is 15.5 Å². The monoisotopic (exact) mass is 368 g/mol. The third kappa shape index (κ3) is 3.90. The zero-order chi connectivity index (χ0) is 13.0. The highest BCUT2D eigenvalue weighted by atomic mass is 79.9. The van der Waals surface area contributed by atoms with Gasteiger partial charge >= 0.3 is 0 Å². The van der Waals surface area contributed by atoms with Gasteiger partial charge in [0.15, 0.2) is 0 Å². The number of hydrogen-bond donors (Lipinski definition) is 1. The molecule has 1 aromatic carbocycles. The maximum Gasteiger partial charge on any atom is 0.0410 e. The van der Waals surface area contributed by atoms with Crippen molar-refractivity contribution in [1.29, 1.82) is 0 Å². The summed E-state index contributed by atoms with van der Waals surface area (Å²) in [5.74, 6) is 0. The van der Waals surface area contributed by atoms with E-state index >= 15 is 0 Å². The van der Waals surface area contributed by atoms with Crippen molar-refractivity contribution in [3.05, 3.63) is 62.8 Å². The molecule has 1 heterocycles. The predicted molar refractivity (Wildman–Crippen MR) is 81.3 cm³/mol. The first-order valence-corrected chi connectivity index (χ1v) is 7.32. The lowest BCUT2D eigenvalue weighted by Gasteiger charge is -2.14. The normalized spacial score (nSPS) is 12.4. The van der Waals surface area contributed by atoms with Gasteiger partial charge < -0.3 is 5.32 Å². The molecule has 2 rings (SSSR count). The number of pyridine rings is 1. The number of halogens is 2. The molecule has 2 nitrogen and oxygen atoms in total. The van der Waals surface area contributed by atoms with Crippen molar-refractivity contribution in [2.75, 3.05) is 0 Å². The second-order valence-electron chi connectivity index (χ2n) is 4.17. The van der Waals surface area contributed by atoms with E-state index in [1.807, 2.05) is 12.3 Å². The Morgan fingerprint density at radius 2 is 2.00 bits per heavy atom. The molecule has 0 saturated heterocycles. The van der Waals surface area contributed by atoms with Crippen LogP contribution in [0.5, 0.6) is 0 Å². The van der Waals surface area contributed by atoms with Gasteiger partial charge in [-0.25, -0.2) is 0 Å². The van der Waals surface area contributed by atoms with Crippen LogP contribution in [-0.2, 0) is 6.54 Å². The highest BCUT2D eigenvalue weighted by Crippen LogP contribution is 2.18.